The fraction of sp³-hybridized carbons (Fsp3) is 0.357. The van der Waals surface area contributed by atoms with Gasteiger partial charge in [0, 0.05) is 31.3 Å². The maximum atomic E-state index is 12.4. The van der Waals surface area contributed by atoms with Crippen LogP contribution in [0.2, 0.25) is 0 Å². The van der Waals surface area contributed by atoms with Gasteiger partial charge in [0.05, 0.1) is 6.33 Å². The molecule has 0 aliphatic carbocycles. The molecule has 0 fully saturated rings. The van der Waals surface area contributed by atoms with Crippen LogP contribution in [0.1, 0.15) is 15.9 Å². The van der Waals surface area contributed by atoms with Crippen molar-refractivity contribution in [2.24, 2.45) is 5.73 Å². The molecule has 110 valence electrons. The molecule has 2 N–H and O–H groups in total. The summed E-state index contributed by atoms with van der Waals surface area (Å²) in [6.07, 6.45) is 1.27. The largest absolute Gasteiger partial charge is 0.489 e. The lowest BCUT2D eigenvalue weighted by molar-refractivity contribution is 0.0781. The maximum Gasteiger partial charge on any atom is 0.253 e. The van der Waals surface area contributed by atoms with Crippen LogP contribution in [0.25, 0.3) is 0 Å². The molecule has 1 aromatic rings. The number of rotatable bonds is 4. The highest BCUT2D eigenvalue weighted by molar-refractivity contribution is 5.96. The van der Waals surface area contributed by atoms with E-state index >= 15 is 0 Å². The van der Waals surface area contributed by atoms with E-state index in [-0.39, 0.29) is 31.5 Å². The maximum absolute atomic E-state index is 12.4. The summed E-state index contributed by atoms with van der Waals surface area (Å²) in [5.41, 5.74) is 7.43. The normalized spacial score (nSPS) is 14.7. The van der Waals surface area contributed by atoms with E-state index in [1.54, 1.807) is 24.1 Å². The molecule has 0 saturated heterocycles. The van der Waals surface area contributed by atoms with E-state index in [0.29, 0.717) is 29.8 Å². The molecule has 1 amide bonds. The Morgan fingerprint density at radius 1 is 1.55 bits per heavy atom. The van der Waals surface area contributed by atoms with Gasteiger partial charge in [-0.25, -0.2) is 4.39 Å². The van der Waals surface area contributed by atoms with Crippen LogP contribution in [-0.2, 0) is 6.42 Å². The van der Waals surface area contributed by atoms with Crippen molar-refractivity contribution in [2.75, 3.05) is 26.7 Å². The number of halogens is 2. The summed E-state index contributed by atoms with van der Waals surface area (Å²) < 4.78 is 17.8. The highest BCUT2D eigenvalue weighted by Gasteiger charge is 2.21. The highest BCUT2D eigenvalue weighted by atomic mass is 35.5. The van der Waals surface area contributed by atoms with Gasteiger partial charge in [-0.15, -0.1) is 12.4 Å². The number of nitrogens with zero attached hydrogens (tertiary/aromatic N) is 1. The van der Waals surface area contributed by atoms with Crippen LogP contribution in [0.3, 0.4) is 0 Å². The lowest BCUT2D eigenvalue weighted by Gasteiger charge is -2.25. The first-order chi connectivity index (χ1) is 9.15. The van der Waals surface area contributed by atoms with E-state index in [1.165, 1.54) is 0 Å². The zero-order chi connectivity index (χ0) is 13.8. The van der Waals surface area contributed by atoms with Crippen molar-refractivity contribution in [3.63, 3.8) is 0 Å². The zero-order valence-corrected chi connectivity index (χ0v) is 12.1. The molecule has 0 radical (unpaired) electrons. The van der Waals surface area contributed by atoms with E-state index in [0.717, 1.165) is 12.0 Å². The van der Waals surface area contributed by atoms with Crippen molar-refractivity contribution in [3.8, 4) is 5.75 Å². The molecule has 4 nitrogen and oxygen atoms in total. The molecule has 0 unspecified atom stereocenters. The van der Waals surface area contributed by atoms with Crippen molar-refractivity contribution in [2.45, 2.75) is 6.42 Å². The predicted octanol–water partition coefficient (Wildman–Crippen LogP) is 1.93. The number of fused-ring (bicyclic) bond motifs is 1. The predicted molar refractivity (Wildman–Crippen MR) is 78.1 cm³/mol. The molecule has 0 saturated carbocycles. The van der Waals surface area contributed by atoms with Crippen LogP contribution in [0.4, 0.5) is 4.39 Å². The van der Waals surface area contributed by atoms with Gasteiger partial charge in [-0.2, -0.15) is 0 Å². The molecule has 6 heteroatoms. The van der Waals surface area contributed by atoms with E-state index in [1.807, 2.05) is 6.07 Å². The highest BCUT2D eigenvalue weighted by Crippen LogP contribution is 2.23. The van der Waals surface area contributed by atoms with Gasteiger partial charge in [-0.1, -0.05) is 0 Å². The van der Waals surface area contributed by atoms with Crippen molar-refractivity contribution >= 4 is 18.3 Å². The number of likely N-dealkylation sites (N-methyl/N-ethyl adjacent to an activating group) is 1. The van der Waals surface area contributed by atoms with E-state index in [9.17, 15) is 9.18 Å². The van der Waals surface area contributed by atoms with Crippen molar-refractivity contribution in [3.05, 3.63) is 41.2 Å². The van der Waals surface area contributed by atoms with Crippen LogP contribution in [0.5, 0.6) is 5.75 Å². The van der Waals surface area contributed by atoms with Crippen LogP contribution < -0.4 is 10.5 Å². The van der Waals surface area contributed by atoms with Gasteiger partial charge >= 0.3 is 0 Å². The smallest absolute Gasteiger partial charge is 0.253 e. The monoisotopic (exact) mass is 300 g/mol. The lowest BCUT2D eigenvalue weighted by atomic mass is 9.99. The number of hydrogen-bond donors (Lipinski definition) is 1. The summed E-state index contributed by atoms with van der Waals surface area (Å²) in [7, 11) is 1.79. The Hall–Kier alpha value is -1.59. The number of carbonyl (C=O) groups is 1. The topological polar surface area (TPSA) is 55.6 Å². The summed E-state index contributed by atoms with van der Waals surface area (Å²) in [6, 6.07) is 5.32. The second kappa shape index (κ2) is 7.26. The number of nitrogens with two attached hydrogens (primary N) is 1. The molecule has 0 aromatic heterocycles. The van der Waals surface area contributed by atoms with Gasteiger partial charge in [0.25, 0.3) is 5.91 Å². The molecule has 1 aromatic carbocycles. The first kappa shape index (κ1) is 16.5. The van der Waals surface area contributed by atoms with E-state index in [2.05, 4.69) is 0 Å². The Balaban J connectivity index is 0.00000200. The van der Waals surface area contributed by atoms with E-state index in [4.69, 9.17) is 10.5 Å². The molecule has 20 heavy (non-hydrogen) atoms. The first-order valence-corrected chi connectivity index (χ1v) is 6.15. The summed E-state index contributed by atoms with van der Waals surface area (Å²) in [4.78, 5) is 13.6. The standard InChI is InChI=1S/C14H17FN2O2.ClH/c1-17-5-4-11-6-12(2-3-13(11)14(17)18)19-9-10(7-15)8-16;/h2-3,6-7H,4-5,8-9,16H2,1H3;1H. The number of ether oxygens (including phenoxy) is 1. The van der Waals surface area contributed by atoms with Crippen LogP contribution in [-0.4, -0.2) is 37.6 Å². The molecule has 1 aliphatic rings. The van der Waals surface area contributed by atoms with Gasteiger partial charge in [-0.3, -0.25) is 4.79 Å². The van der Waals surface area contributed by atoms with Gasteiger partial charge in [0.2, 0.25) is 0 Å². The summed E-state index contributed by atoms with van der Waals surface area (Å²) in [5.74, 6) is 0.656. The molecular weight excluding hydrogens is 283 g/mol. The minimum atomic E-state index is 0. The lowest BCUT2D eigenvalue weighted by Crippen LogP contribution is -2.34. The third kappa shape index (κ3) is 3.49. The molecule has 0 bridgehead atoms. The second-order valence-electron chi connectivity index (χ2n) is 4.56. The Labute approximate surface area is 123 Å². The molecule has 1 heterocycles. The fourth-order valence-electron chi connectivity index (χ4n) is 1.98. The number of benzene rings is 1. The van der Waals surface area contributed by atoms with Crippen LogP contribution >= 0.6 is 12.4 Å². The molecule has 1 aliphatic heterocycles. The summed E-state index contributed by atoms with van der Waals surface area (Å²) in [6.45, 7) is 0.956. The number of amides is 1. The van der Waals surface area contributed by atoms with Crippen molar-refractivity contribution in [1.29, 1.82) is 0 Å². The Kier molecular flexibility index (Phi) is 5.98. The Morgan fingerprint density at radius 2 is 2.30 bits per heavy atom. The molecule has 2 rings (SSSR count). The van der Waals surface area contributed by atoms with Crippen LogP contribution in [0, 0.1) is 0 Å². The molecular formula is C14H18ClFN2O2. The van der Waals surface area contributed by atoms with Crippen LogP contribution in [0.15, 0.2) is 30.1 Å². The average molecular weight is 301 g/mol. The van der Waals surface area contributed by atoms with Gasteiger partial charge in [-0.05, 0) is 30.2 Å². The minimum Gasteiger partial charge on any atom is -0.489 e. The first-order valence-electron chi connectivity index (χ1n) is 6.15. The molecule has 0 spiro atoms. The SMILES string of the molecule is CN1CCc2cc(OCC(=CF)CN)ccc2C1=O.Cl. The van der Waals surface area contributed by atoms with Crippen molar-refractivity contribution < 1.29 is 13.9 Å². The minimum absolute atomic E-state index is 0. The number of carbonyl (C=O) groups excluding carboxylic acids is 1. The second-order valence-corrected chi connectivity index (χ2v) is 4.56. The zero-order valence-electron chi connectivity index (χ0n) is 11.3. The Bertz CT molecular complexity index is 520. The van der Waals surface area contributed by atoms with E-state index < -0.39 is 0 Å². The third-order valence-electron chi connectivity index (χ3n) is 3.21. The summed E-state index contributed by atoms with van der Waals surface area (Å²) in [5, 5.41) is 0. The van der Waals surface area contributed by atoms with Gasteiger partial charge in [0.1, 0.15) is 12.4 Å². The molecule has 0 atom stereocenters. The van der Waals surface area contributed by atoms with Gasteiger partial charge < -0.3 is 15.4 Å². The fourth-order valence-corrected chi connectivity index (χ4v) is 1.98. The third-order valence-corrected chi connectivity index (χ3v) is 3.21. The quantitative estimate of drug-likeness (QED) is 0.924. The Morgan fingerprint density at radius 3 is 2.95 bits per heavy atom. The average Bonchev–Trinajstić information content (AvgIpc) is 2.44. The summed E-state index contributed by atoms with van der Waals surface area (Å²) >= 11 is 0. The van der Waals surface area contributed by atoms with Gasteiger partial charge in [0.15, 0.2) is 0 Å². The number of hydrogen-bond acceptors (Lipinski definition) is 3. The van der Waals surface area contributed by atoms with Crippen molar-refractivity contribution in [1.82, 2.24) is 4.90 Å².